The van der Waals surface area contributed by atoms with Crippen LogP contribution in [0.4, 0.5) is 0 Å². The Balaban J connectivity index is 1.84. The largest absolute Gasteiger partial charge is 0.478 e. The van der Waals surface area contributed by atoms with Crippen molar-refractivity contribution in [3.8, 4) is 33.6 Å². The van der Waals surface area contributed by atoms with Gasteiger partial charge < -0.3 is 10.2 Å². The summed E-state index contributed by atoms with van der Waals surface area (Å²) in [6, 6.07) is 20.7. The van der Waals surface area contributed by atoms with E-state index in [2.05, 4.69) is 4.98 Å². The molecular formula is C24H16N2O4. The number of carbonyl (C=O) groups is 2. The Morgan fingerprint density at radius 3 is 1.40 bits per heavy atom. The summed E-state index contributed by atoms with van der Waals surface area (Å²) < 4.78 is 0. The molecule has 0 fully saturated rings. The molecular weight excluding hydrogens is 380 g/mol. The van der Waals surface area contributed by atoms with Gasteiger partial charge in [0.15, 0.2) is 0 Å². The van der Waals surface area contributed by atoms with Gasteiger partial charge in [0.2, 0.25) is 0 Å². The van der Waals surface area contributed by atoms with Crippen molar-refractivity contribution in [2.45, 2.75) is 0 Å². The third kappa shape index (κ3) is 3.93. The first-order valence-corrected chi connectivity index (χ1v) is 9.11. The Labute approximate surface area is 172 Å². The van der Waals surface area contributed by atoms with Gasteiger partial charge in [-0.1, -0.05) is 24.3 Å². The Kier molecular flexibility index (Phi) is 5.05. The molecule has 0 unspecified atom stereocenters. The second-order valence-electron chi connectivity index (χ2n) is 6.63. The number of benzene rings is 2. The second kappa shape index (κ2) is 7.97. The van der Waals surface area contributed by atoms with E-state index in [0.29, 0.717) is 11.4 Å². The van der Waals surface area contributed by atoms with Gasteiger partial charge >= 0.3 is 11.9 Å². The minimum atomic E-state index is -0.987. The SMILES string of the molecule is O=C(O)c1ccc(-c2cc(-c3ccncc3)cc(-c3ccc(C(=O)O)cc3)n2)cc1. The quantitative estimate of drug-likeness (QED) is 0.499. The number of hydrogen-bond donors (Lipinski definition) is 2. The lowest BCUT2D eigenvalue weighted by Crippen LogP contribution is -1.97. The maximum Gasteiger partial charge on any atom is 0.335 e. The predicted octanol–water partition coefficient (Wildman–Crippen LogP) is 4.87. The highest BCUT2D eigenvalue weighted by molar-refractivity contribution is 5.89. The standard InChI is InChI=1S/C24H16N2O4/c27-23(28)18-5-1-16(2-6-18)21-13-20(15-9-11-25-12-10-15)14-22(26-21)17-3-7-19(8-4-17)24(29)30/h1-14H,(H,27,28)(H,29,30). The highest BCUT2D eigenvalue weighted by Crippen LogP contribution is 2.30. The van der Waals surface area contributed by atoms with Crippen LogP contribution in [0.5, 0.6) is 0 Å². The molecule has 0 aliphatic rings. The lowest BCUT2D eigenvalue weighted by molar-refractivity contribution is 0.0686. The van der Waals surface area contributed by atoms with Gasteiger partial charge in [0.05, 0.1) is 22.5 Å². The number of carboxylic acid groups (broad SMARTS) is 2. The minimum absolute atomic E-state index is 0.202. The van der Waals surface area contributed by atoms with E-state index < -0.39 is 11.9 Å². The van der Waals surface area contributed by atoms with E-state index in [9.17, 15) is 9.59 Å². The smallest absolute Gasteiger partial charge is 0.335 e. The van der Waals surface area contributed by atoms with E-state index in [1.165, 1.54) is 0 Å². The second-order valence-corrected chi connectivity index (χ2v) is 6.63. The van der Waals surface area contributed by atoms with Crippen LogP contribution in [0.3, 0.4) is 0 Å². The molecule has 2 aromatic carbocycles. The van der Waals surface area contributed by atoms with Crippen LogP contribution in [0, 0.1) is 0 Å². The first-order valence-electron chi connectivity index (χ1n) is 9.11. The predicted molar refractivity (Wildman–Crippen MR) is 112 cm³/mol. The summed E-state index contributed by atoms with van der Waals surface area (Å²) in [5.41, 5.74) is 5.19. The van der Waals surface area contributed by atoms with Gasteiger partial charge in [-0.2, -0.15) is 0 Å². The summed E-state index contributed by atoms with van der Waals surface area (Å²) in [5.74, 6) is -1.97. The molecule has 0 spiro atoms. The molecule has 0 aliphatic heterocycles. The summed E-state index contributed by atoms with van der Waals surface area (Å²) in [7, 11) is 0. The minimum Gasteiger partial charge on any atom is -0.478 e. The molecule has 6 heteroatoms. The fraction of sp³-hybridized carbons (Fsp3) is 0. The monoisotopic (exact) mass is 396 g/mol. The van der Waals surface area contributed by atoms with Crippen LogP contribution in [-0.2, 0) is 0 Å². The van der Waals surface area contributed by atoms with E-state index in [4.69, 9.17) is 15.2 Å². The lowest BCUT2D eigenvalue weighted by Gasteiger charge is -2.10. The van der Waals surface area contributed by atoms with Crippen molar-refractivity contribution in [1.29, 1.82) is 0 Å². The molecule has 2 heterocycles. The van der Waals surface area contributed by atoms with E-state index in [0.717, 1.165) is 22.3 Å². The number of rotatable bonds is 5. The molecule has 0 atom stereocenters. The summed E-state index contributed by atoms with van der Waals surface area (Å²) in [4.78, 5) is 31.1. The van der Waals surface area contributed by atoms with E-state index >= 15 is 0 Å². The van der Waals surface area contributed by atoms with Gasteiger partial charge in [-0.05, 0) is 59.7 Å². The number of aromatic carboxylic acids is 2. The molecule has 0 aliphatic carbocycles. The van der Waals surface area contributed by atoms with Gasteiger partial charge in [-0.3, -0.25) is 4.98 Å². The Morgan fingerprint density at radius 2 is 1.00 bits per heavy atom. The van der Waals surface area contributed by atoms with Crippen LogP contribution in [0.2, 0.25) is 0 Å². The van der Waals surface area contributed by atoms with Crippen molar-refractivity contribution >= 4 is 11.9 Å². The maximum absolute atomic E-state index is 11.1. The summed E-state index contributed by atoms with van der Waals surface area (Å²) in [5, 5.41) is 18.3. The molecule has 4 aromatic rings. The van der Waals surface area contributed by atoms with Crippen LogP contribution in [0.25, 0.3) is 33.6 Å². The normalized spacial score (nSPS) is 10.5. The van der Waals surface area contributed by atoms with E-state index in [-0.39, 0.29) is 11.1 Å². The maximum atomic E-state index is 11.1. The molecule has 6 nitrogen and oxygen atoms in total. The fourth-order valence-corrected chi connectivity index (χ4v) is 3.10. The summed E-state index contributed by atoms with van der Waals surface area (Å²) >= 11 is 0. The first kappa shape index (κ1) is 19.0. The zero-order chi connectivity index (χ0) is 21.1. The van der Waals surface area contributed by atoms with Crippen molar-refractivity contribution in [3.05, 3.63) is 96.3 Å². The Bertz CT molecular complexity index is 1140. The zero-order valence-corrected chi connectivity index (χ0v) is 15.7. The van der Waals surface area contributed by atoms with Gasteiger partial charge in [0.25, 0.3) is 0 Å². The van der Waals surface area contributed by atoms with Crippen LogP contribution < -0.4 is 0 Å². The molecule has 2 N–H and O–H groups in total. The summed E-state index contributed by atoms with van der Waals surface area (Å²) in [6.07, 6.45) is 3.41. The number of pyridine rings is 2. The topological polar surface area (TPSA) is 100 Å². The van der Waals surface area contributed by atoms with E-state index in [1.54, 1.807) is 60.9 Å². The molecule has 0 radical (unpaired) electrons. The number of nitrogens with zero attached hydrogens (tertiary/aromatic N) is 2. The molecule has 146 valence electrons. The van der Waals surface area contributed by atoms with E-state index in [1.807, 2.05) is 24.3 Å². The molecule has 0 saturated carbocycles. The van der Waals surface area contributed by atoms with Crippen LogP contribution in [-0.4, -0.2) is 32.1 Å². The number of carboxylic acids is 2. The third-order valence-electron chi connectivity index (χ3n) is 4.69. The fourth-order valence-electron chi connectivity index (χ4n) is 3.10. The Hall–Kier alpha value is -4.32. The zero-order valence-electron chi connectivity index (χ0n) is 15.7. The van der Waals surface area contributed by atoms with Crippen molar-refractivity contribution in [2.24, 2.45) is 0 Å². The van der Waals surface area contributed by atoms with Gasteiger partial charge in [-0.15, -0.1) is 0 Å². The molecule has 0 saturated heterocycles. The van der Waals surface area contributed by atoms with Crippen molar-refractivity contribution in [2.75, 3.05) is 0 Å². The third-order valence-corrected chi connectivity index (χ3v) is 4.69. The summed E-state index contributed by atoms with van der Waals surface area (Å²) in [6.45, 7) is 0. The van der Waals surface area contributed by atoms with Crippen LogP contribution >= 0.6 is 0 Å². The first-order chi connectivity index (χ1) is 14.5. The molecule has 0 bridgehead atoms. The average molecular weight is 396 g/mol. The van der Waals surface area contributed by atoms with Crippen molar-refractivity contribution in [1.82, 2.24) is 9.97 Å². The number of aromatic nitrogens is 2. The van der Waals surface area contributed by atoms with Gasteiger partial charge in [0, 0.05) is 23.5 Å². The Morgan fingerprint density at radius 1 is 0.567 bits per heavy atom. The van der Waals surface area contributed by atoms with Gasteiger partial charge in [-0.25, -0.2) is 14.6 Å². The van der Waals surface area contributed by atoms with Crippen molar-refractivity contribution in [3.63, 3.8) is 0 Å². The highest BCUT2D eigenvalue weighted by Gasteiger charge is 2.11. The van der Waals surface area contributed by atoms with Crippen LogP contribution in [0.1, 0.15) is 20.7 Å². The molecule has 30 heavy (non-hydrogen) atoms. The van der Waals surface area contributed by atoms with Gasteiger partial charge in [0.1, 0.15) is 0 Å². The molecule has 2 aromatic heterocycles. The molecule has 0 amide bonds. The molecule has 4 rings (SSSR count). The average Bonchev–Trinajstić information content (AvgIpc) is 2.79. The van der Waals surface area contributed by atoms with Crippen LogP contribution in [0.15, 0.2) is 85.2 Å². The number of hydrogen-bond acceptors (Lipinski definition) is 4. The highest BCUT2D eigenvalue weighted by atomic mass is 16.4. The lowest BCUT2D eigenvalue weighted by atomic mass is 10.00. The van der Waals surface area contributed by atoms with Crippen molar-refractivity contribution < 1.29 is 19.8 Å².